The number of aryl methyl sites for hydroxylation is 1. The number of ether oxygens (including phenoxy) is 1. The Labute approximate surface area is 277 Å². The van der Waals surface area contributed by atoms with Gasteiger partial charge in [-0.25, -0.2) is 9.37 Å². The van der Waals surface area contributed by atoms with Gasteiger partial charge >= 0.3 is 6.18 Å². The SMILES string of the molecule is CCc1c(N2CC3CC(F)C(C2)N3c2ncccc2O)c(=O)n2nc(C3=CCOCC3)nc2n1CC(=O)Nc1ccc(C(F)(F)F)cc1C. The summed E-state index contributed by atoms with van der Waals surface area (Å²) in [6.07, 6.45) is -1.42. The molecule has 0 saturated carbocycles. The van der Waals surface area contributed by atoms with Crippen LogP contribution in [-0.2, 0) is 28.7 Å². The molecule has 0 aliphatic carbocycles. The number of anilines is 3. The molecule has 2 fully saturated rings. The molecule has 12 nitrogen and oxygen atoms in total. The zero-order chi connectivity index (χ0) is 34.6. The number of hydrogen-bond acceptors (Lipinski definition) is 9. The molecule has 2 bridgehead atoms. The number of benzene rings is 1. The zero-order valence-electron chi connectivity index (χ0n) is 26.7. The molecule has 3 aliphatic heterocycles. The van der Waals surface area contributed by atoms with Crippen LogP contribution in [0.3, 0.4) is 0 Å². The lowest BCUT2D eigenvalue weighted by Crippen LogP contribution is -2.57. The molecular weight excluding hydrogens is 648 g/mol. The Morgan fingerprint density at radius 1 is 1.20 bits per heavy atom. The molecule has 4 aromatic rings. The van der Waals surface area contributed by atoms with E-state index in [2.05, 4.69) is 20.4 Å². The number of amides is 1. The molecule has 16 heteroatoms. The van der Waals surface area contributed by atoms with Crippen LogP contribution < -0.4 is 20.7 Å². The lowest BCUT2D eigenvalue weighted by Gasteiger charge is -2.43. The Bertz CT molecular complexity index is 2030. The van der Waals surface area contributed by atoms with E-state index in [4.69, 9.17) is 4.74 Å². The van der Waals surface area contributed by atoms with Crippen LogP contribution in [0.25, 0.3) is 11.4 Å². The summed E-state index contributed by atoms with van der Waals surface area (Å²) in [7, 11) is 0. The molecule has 258 valence electrons. The standard InChI is InChI=1S/C33H34F4N8O4/c1-3-24-28(42-15-21-14-22(34)25(16-42)44(21)30-26(46)5-4-10-38-30)31(48)45-32(40-29(41-45)19-8-11-49-12-9-19)43(24)17-27(47)39-23-7-6-20(13-18(23)2)33(35,36)37/h4-8,10,13,21-22,25,46H,3,9,11-12,14-17H2,1-2H3,(H,39,47). The first-order valence-electron chi connectivity index (χ1n) is 16.0. The maximum atomic E-state index is 15.5. The monoisotopic (exact) mass is 682 g/mol. The number of nitrogens with one attached hydrogen (secondary N) is 1. The predicted molar refractivity (Wildman–Crippen MR) is 173 cm³/mol. The van der Waals surface area contributed by atoms with E-state index >= 15 is 4.39 Å². The zero-order valence-corrected chi connectivity index (χ0v) is 26.7. The average molecular weight is 683 g/mol. The summed E-state index contributed by atoms with van der Waals surface area (Å²) in [5.74, 6) is 0.0947. The summed E-state index contributed by atoms with van der Waals surface area (Å²) in [6, 6.07) is 5.04. The topological polar surface area (TPSA) is 130 Å². The van der Waals surface area contributed by atoms with Gasteiger partial charge in [-0.05, 0) is 61.2 Å². The van der Waals surface area contributed by atoms with Gasteiger partial charge in [0.2, 0.25) is 11.7 Å². The molecule has 3 atom stereocenters. The summed E-state index contributed by atoms with van der Waals surface area (Å²) >= 11 is 0. The van der Waals surface area contributed by atoms with Gasteiger partial charge in [0.1, 0.15) is 18.4 Å². The number of nitrogens with zero attached hydrogens (tertiary/aromatic N) is 7. The van der Waals surface area contributed by atoms with Crippen molar-refractivity contribution < 1.29 is 32.2 Å². The van der Waals surface area contributed by atoms with Crippen LogP contribution in [0.4, 0.5) is 34.8 Å². The Hall–Kier alpha value is -4.99. The molecule has 6 heterocycles. The summed E-state index contributed by atoms with van der Waals surface area (Å²) in [5.41, 5.74) is 0.644. The minimum absolute atomic E-state index is 0.0649. The van der Waals surface area contributed by atoms with Crippen molar-refractivity contribution in [2.24, 2.45) is 0 Å². The molecule has 49 heavy (non-hydrogen) atoms. The molecule has 1 aromatic carbocycles. The van der Waals surface area contributed by atoms with Gasteiger partial charge in [-0.2, -0.15) is 22.7 Å². The van der Waals surface area contributed by atoms with Gasteiger partial charge in [-0.15, -0.1) is 5.10 Å². The molecule has 3 aromatic heterocycles. The first kappa shape index (κ1) is 32.6. The van der Waals surface area contributed by atoms with E-state index in [1.807, 2.05) is 17.9 Å². The lowest BCUT2D eigenvalue weighted by atomic mass is 10.1. The van der Waals surface area contributed by atoms with Crippen LogP contribution in [0.1, 0.15) is 42.4 Å². The van der Waals surface area contributed by atoms with Crippen LogP contribution in [0.2, 0.25) is 0 Å². The fraction of sp³-hybridized carbons (Fsp3) is 0.424. The minimum atomic E-state index is -4.53. The number of aromatic nitrogens is 5. The summed E-state index contributed by atoms with van der Waals surface area (Å²) < 4.78 is 63.5. The second-order valence-electron chi connectivity index (χ2n) is 12.4. The smallest absolute Gasteiger partial charge is 0.416 e. The van der Waals surface area contributed by atoms with E-state index in [1.165, 1.54) is 25.3 Å². The van der Waals surface area contributed by atoms with Crippen LogP contribution in [-0.4, -0.2) is 79.7 Å². The Balaban J connectivity index is 1.29. The lowest BCUT2D eigenvalue weighted by molar-refractivity contribution is -0.137. The van der Waals surface area contributed by atoms with E-state index < -0.39 is 41.5 Å². The number of carbonyl (C=O) groups excluding carboxylic acids is 1. The van der Waals surface area contributed by atoms with Crippen molar-refractivity contribution in [3.05, 3.63) is 75.6 Å². The average Bonchev–Trinajstić information content (AvgIpc) is 3.60. The third-order valence-corrected chi connectivity index (χ3v) is 9.37. The van der Waals surface area contributed by atoms with E-state index in [1.54, 1.807) is 15.5 Å². The van der Waals surface area contributed by atoms with Crippen molar-refractivity contribution in [1.29, 1.82) is 0 Å². The number of halogens is 4. The quantitative estimate of drug-likeness (QED) is 0.277. The first-order chi connectivity index (χ1) is 23.4. The van der Waals surface area contributed by atoms with Gasteiger partial charge in [0.25, 0.3) is 5.56 Å². The second kappa shape index (κ2) is 12.5. The minimum Gasteiger partial charge on any atom is -0.504 e. The highest BCUT2D eigenvalue weighted by Gasteiger charge is 2.49. The van der Waals surface area contributed by atoms with Gasteiger partial charge in [0.15, 0.2) is 17.4 Å². The van der Waals surface area contributed by atoms with Gasteiger partial charge in [-0.1, -0.05) is 13.0 Å². The van der Waals surface area contributed by atoms with Crippen molar-refractivity contribution in [2.75, 3.05) is 41.4 Å². The number of hydrogen-bond donors (Lipinski definition) is 2. The number of piperazine rings is 1. The number of carbonyl (C=O) groups is 1. The second-order valence-corrected chi connectivity index (χ2v) is 12.4. The van der Waals surface area contributed by atoms with E-state index in [-0.39, 0.29) is 60.3 Å². The first-order valence-corrected chi connectivity index (χ1v) is 16.0. The van der Waals surface area contributed by atoms with E-state index in [0.717, 1.165) is 22.2 Å². The molecule has 7 rings (SSSR count). The van der Waals surface area contributed by atoms with Crippen LogP contribution in [0, 0.1) is 6.92 Å². The van der Waals surface area contributed by atoms with Crippen molar-refractivity contribution >= 4 is 34.5 Å². The highest BCUT2D eigenvalue weighted by molar-refractivity contribution is 5.91. The molecule has 2 saturated heterocycles. The highest BCUT2D eigenvalue weighted by atomic mass is 19.4. The number of rotatable bonds is 7. The third-order valence-electron chi connectivity index (χ3n) is 9.37. The fourth-order valence-corrected chi connectivity index (χ4v) is 7.10. The maximum absolute atomic E-state index is 15.5. The molecule has 2 N–H and O–H groups in total. The highest BCUT2D eigenvalue weighted by Crippen LogP contribution is 2.40. The Morgan fingerprint density at radius 2 is 2.02 bits per heavy atom. The molecule has 0 radical (unpaired) electrons. The Morgan fingerprint density at radius 3 is 2.69 bits per heavy atom. The van der Waals surface area contributed by atoms with Crippen molar-refractivity contribution in [3.63, 3.8) is 0 Å². The number of pyridine rings is 1. The van der Waals surface area contributed by atoms with Gasteiger partial charge in [0.05, 0.1) is 36.6 Å². The van der Waals surface area contributed by atoms with Crippen molar-refractivity contribution in [3.8, 4) is 5.75 Å². The molecule has 1 amide bonds. The molecule has 3 aliphatic rings. The summed E-state index contributed by atoms with van der Waals surface area (Å²) in [4.78, 5) is 40.5. The predicted octanol–water partition coefficient (Wildman–Crippen LogP) is 4.13. The summed E-state index contributed by atoms with van der Waals surface area (Å²) in [5, 5.41) is 17.8. The normalized spacial score (nSPS) is 20.9. The van der Waals surface area contributed by atoms with Gasteiger partial charge in [0, 0.05) is 31.4 Å². The van der Waals surface area contributed by atoms with Crippen LogP contribution >= 0.6 is 0 Å². The molecule has 3 unspecified atom stereocenters. The van der Waals surface area contributed by atoms with Crippen molar-refractivity contribution in [1.82, 2.24) is 24.1 Å². The van der Waals surface area contributed by atoms with Crippen molar-refractivity contribution in [2.45, 2.75) is 64.1 Å². The third kappa shape index (κ3) is 5.87. The molecule has 0 spiro atoms. The number of fused-ring (bicyclic) bond motifs is 3. The number of alkyl halides is 4. The van der Waals surface area contributed by atoms with E-state index in [0.29, 0.717) is 37.6 Å². The van der Waals surface area contributed by atoms with Crippen LogP contribution in [0.5, 0.6) is 5.75 Å². The fourth-order valence-electron chi connectivity index (χ4n) is 7.10. The van der Waals surface area contributed by atoms with Crippen LogP contribution in [0.15, 0.2) is 47.4 Å². The number of aromatic hydroxyl groups is 1. The van der Waals surface area contributed by atoms with Gasteiger partial charge in [-0.3, -0.25) is 9.59 Å². The molecular formula is C33H34F4N8O4. The largest absolute Gasteiger partial charge is 0.504 e. The van der Waals surface area contributed by atoms with Gasteiger partial charge < -0.3 is 29.5 Å². The summed E-state index contributed by atoms with van der Waals surface area (Å²) in [6.45, 7) is 4.12. The Kier molecular flexibility index (Phi) is 8.29. The maximum Gasteiger partial charge on any atom is 0.416 e. The van der Waals surface area contributed by atoms with E-state index in [9.17, 15) is 27.9 Å².